The minimum Gasteiger partial charge on any atom is -0.480 e. The Morgan fingerprint density at radius 2 is 1.66 bits per heavy atom. The lowest BCUT2D eigenvalue weighted by molar-refractivity contribution is -0.145. The molecule has 0 unspecified atom stereocenters. The van der Waals surface area contributed by atoms with Crippen LogP contribution in [-0.2, 0) is 14.3 Å². The molecule has 168 valence electrons. The van der Waals surface area contributed by atoms with Crippen molar-refractivity contribution in [3.63, 3.8) is 0 Å². The van der Waals surface area contributed by atoms with Gasteiger partial charge in [-0.3, -0.25) is 9.59 Å². The molecule has 2 amide bonds. The van der Waals surface area contributed by atoms with Gasteiger partial charge in [-0.2, -0.15) is 0 Å². The third kappa shape index (κ3) is 4.47. The fourth-order valence-electron chi connectivity index (χ4n) is 5.03. The van der Waals surface area contributed by atoms with Crippen LogP contribution in [0.4, 0.5) is 4.79 Å². The van der Waals surface area contributed by atoms with Crippen LogP contribution in [0, 0.1) is 11.8 Å². The Labute approximate surface area is 187 Å². The van der Waals surface area contributed by atoms with Crippen LogP contribution in [0.25, 0.3) is 11.1 Å². The van der Waals surface area contributed by atoms with Crippen molar-refractivity contribution in [1.82, 2.24) is 10.2 Å². The summed E-state index contributed by atoms with van der Waals surface area (Å²) in [6, 6.07) is 16.3. The number of amides is 2. The molecular formula is C25H28N2O5. The molecule has 1 fully saturated rings. The number of benzene rings is 2. The predicted octanol–water partition coefficient (Wildman–Crippen LogP) is 3.48. The highest BCUT2D eigenvalue weighted by Gasteiger charge is 2.35. The largest absolute Gasteiger partial charge is 0.480 e. The Balaban J connectivity index is 1.32. The van der Waals surface area contributed by atoms with Crippen LogP contribution in [0.3, 0.4) is 0 Å². The number of carbonyl (C=O) groups is 3. The summed E-state index contributed by atoms with van der Waals surface area (Å²) in [5, 5.41) is 11.7. The zero-order valence-electron chi connectivity index (χ0n) is 18.1. The van der Waals surface area contributed by atoms with Crippen LogP contribution < -0.4 is 5.32 Å². The van der Waals surface area contributed by atoms with Crippen molar-refractivity contribution < 1.29 is 24.2 Å². The number of carbonyl (C=O) groups excluding carboxylic acids is 2. The molecule has 2 N–H and O–H groups in total. The van der Waals surface area contributed by atoms with Crippen molar-refractivity contribution >= 4 is 18.0 Å². The first-order valence-electron chi connectivity index (χ1n) is 11.0. The number of carboxylic acids is 1. The van der Waals surface area contributed by atoms with Gasteiger partial charge < -0.3 is 20.1 Å². The van der Waals surface area contributed by atoms with E-state index in [1.54, 1.807) is 0 Å². The molecule has 32 heavy (non-hydrogen) atoms. The normalized spacial score (nSPS) is 19.2. The van der Waals surface area contributed by atoms with E-state index in [-0.39, 0.29) is 36.8 Å². The summed E-state index contributed by atoms with van der Waals surface area (Å²) >= 11 is 0. The minimum absolute atomic E-state index is 0.00127. The Hall–Kier alpha value is -3.35. The number of fused-ring (bicyclic) bond motifs is 3. The molecule has 1 saturated carbocycles. The Bertz CT molecular complexity index is 975. The van der Waals surface area contributed by atoms with E-state index >= 15 is 0 Å². The molecule has 0 heterocycles. The molecule has 7 nitrogen and oxygen atoms in total. The molecule has 2 aromatic carbocycles. The Kier molecular flexibility index (Phi) is 6.44. The zero-order valence-corrected chi connectivity index (χ0v) is 18.1. The number of nitrogens with zero attached hydrogens (tertiary/aromatic N) is 1. The van der Waals surface area contributed by atoms with Gasteiger partial charge in [0.1, 0.15) is 13.2 Å². The van der Waals surface area contributed by atoms with Crippen molar-refractivity contribution in [2.75, 3.05) is 26.7 Å². The van der Waals surface area contributed by atoms with E-state index in [0.717, 1.165) is 24.0 Å². The molecule has 0 saturated heterocycles. The van der Waals surface area contributed by atoms with E-state index in [1.165, 1.54) is 23.1 Å². The first kappa shape index (κ1) is 21.9. The number of hydrogen-bond donors (Lipinski definition) is 2. The smallest absolute Gasteiger partial charge is 0.407 e. The first-order valence-corrected chi connectivity index (χ1v) is 11.0. The summed E-state index contributed by atoms with van der Waals surface area (Å²) in [5.41, 5.74) is 4.67. The van der Waals surface area contributed by atoms with Crippen molar-refractivity contribution in [1.29, 1.82) is 0 Å². The second-order valence-corrected chi connectivity index (χ2v) is 8.59. The number of hydrogen-bond acceptors (Lipinski definition) is 4. The average molecular weight is 437 g/mol. The van der Waals surface area contributed by atoms with Gasteiger partial charge in [0.05, 0.1) is 0 Å². The van der Waals surface area contributed by atoms with E-state index in [4.69, 9.17) is 9.84 Å². The number of carboxylic acid groups (broad SMARTS) is 1. The second kappa shape index (κ2) is 9.42. The van der Waals surface area contributed by atoms with E-state index in [0.29, 0.717) is 13.0 Å². The van der Waals surface area contributed by atoms with Crippen molar-refractivity contribution in [2.45, 2.75) is 25.2 Å². The fourth-order valence-corrected chi connectivity index (χ4v) is 5.03. The summed E-state index contributed by atoms with van der Waals surface area (Å²) in [6.07, 6.45) is 1.92. The molecule has 0 aliphatic heterocycles. The lowest BCUT2D eigenvalue weighted by Gasteiger charge is -2.24. The second-order valence-electron chi connectivity index (χ2n) is 8.59. The standard InChI is InChI=1S/C25H28N2O5/c1-27(14-23(28)29)24(30)17-12-6-7-16(17)13-26-25(31)32-15-22-20-10-4-2-8-18(20)19-9-3-5-11-21(19)22/h2-5,8-11,16-17,22H,6-7,12-15H2,1H3,(H,26,31)(H,28,29)/t16-,17-/m0/s1. The molecule has 0 bridgehead atoms. The van der Waals surface area contributed by atoms with Crippen LogP contribution in [0.15, 0.2) is 48.5 Å². The van der Waals surface area contributed by atoms with Gasteiger partial charge >= 0.3 is 12.1 Å². The summed E-state index contributed by atoms with van der Waals surface area (Å²) in [4.78, 5) is 37.2. The van der Waals surface area contributed by atoms with Crippen molar-refractivity contribution in [3.05, 3.63) is 59.7 Å². The fraction of sp³-hybridized carbons (Fsp3) is 0.400. The molecule has 0 radical (unpaired) electrons. The monoisotopic (exact) mass is 436 g/mol. The number of likely N-dealkylation sites (N-methyl/N-ethyl adjacent to an activating group) is 1. The van der Waals surface area contributed by atoms with E-state index < -0.39 is 12.1 Å². The highest BCUT2D eigenvalue weighted by atomic mass is 16.5. The molecule has 2 aromatic rings. The molecule has 2 aliphatic rings. The molecule has 4 rings (SSSR count). The molecule has 7 heteroatoms. The van der Waals surface area contributed by atoms with Crippen LogP contribution in [0.2, 0.25) is 0 Å². The zero-order chi connectivity index (χ0) is 22.7. The summed E-state index contributed by atoms with van der Waals surface area (Å²) in [5.74, 6) is -1.50. The summed E-state index contributed by atoms with van der Waals surface area (Å²) in [7, 11) is 1.50. The SMILES string of the molecule is CN(CC(=O)O)C(=O)[C@H]1CCC[C@H]1CNC(=O)OCC1c2ccccc2-c2ccccc21. The van der Waals surface area contributed by atoms with Gasteiger partial charge in [-0.25, -0.2) is 4.79 Å². The van der Waals surface area contributed by atoms with Crippen LogP contribution in [0.1, 0.15) is 36.3 Å². The molecule has 2 aliphatic carbocycles. The Morgan fingerprint density at radius 1 is 1.03 bits per heavy atom. The lowest BCUT2D eigenvalue weighted by atomic mass is 9.94. The Morgan fingerprint density at radius 3 is 2.28 bits per heavy atom. The average Bonchev–Trinajstić information content (AvgIpc) is 3.38. The van der Waals surface area contributed by atoms with E-state index in [2.05, 4.69) is 29.6 Å². The van der Waals surface area contributed by atoms with Crippen LogP contribution in [0.5, 0.6) is 0 Å². The maximum Gasteiger partial charge on any atom is 0.407 e. The minimum atomic E-state index is -1.04. The highest BCUT2D eigenvalue weighted by molar-refractivity contribution is 5.83. The lowest BCUT2D eigenvalue weighted by Crippen LogP contribution is -2.40. The number of nitrogens with one attached hydrogen (secondary N) is 1. The maximum atomic E-state index is 12.6. The van der Waals surface area contributed by atoms with Gasteiger partial charge in [-0.15, -0.1) is 0 Å². The van der Waals surface area contributed by atoms with Crippen molar-refractivity contribution in [2.24, 2.45) is 11.8 Å². The molecule has 2 atom stereocenters. The molecule has 0 spiro atoms. The van der Waals surface area contributed by atoms with Crippen molar-refractivity contribution in [3.8, 4) is 11.1 Å². The van der Waals surface area contributed by atoms with Crippen LogP contribution >= 0.6 is 0 Å². The van der Waals surface area contributed by atoms with Gasteiger partial charge in [-0.05, 0) is 41.0 Å². The first-order chi connectivity index (χ1) is 15.5. The third-order valence-corrected chi connectivity index (χ3v) is 6.58. The van der Waals surface area contributed by atoms with Gasteiger partial charge in [0.15, 0.2) is 0 Å². The number of aliphatic carboxylic acids is 1. The molecule has 0 aromatic heterocycles. The van der Waals surface area contributed by atoms with Gasteiger partial charge in [0.25, 0.3) is 0 Å². The quantitative estimate of drug-likeness (QED) is 0.693. The number of alkyl carbamates (subject to hydrolysis) is 1. The van der Waals surface area contributed by atoms with Crippen LogP contribution in [-0.4, -0.2) is 54.7 Å². The third-order valence-electron chi connectivity index (χ3n) is 6.58. The predicted molar refractivity (Wildman–Crippen MR) is 119 cm³/mol. The van der Waals surface area contributed by atoms with Gasteiger partial charge in [0, 0.05) is 25.4 Å². The van der Waals surface area contributed by atoms with E-state index in [1.807, 2.05) is 24.3 Å². The number of rotatable bonds is 7. The highest BCUT2D eigenvalue weighted by Crippen LogP contribution is 2.44. The van der Waals surface area contributed by atoms with Gasteiger partial charge in [-0.1, -0.05) is 55.0 Å². The van der Waals surface area contributed by atoms with Gasteiger partial charge in [0.2, 0.25) is 5.91 Å². The summed E-state index contributed by atoms with van der Waals surface area (Å²) < 4.78 is 5.57. The van der Waals surface area contributed by atoms with E-state index in [9.17, 15) is 14.4 Å². The number of ether oxygens (including phenoxy) is 1. The summed E-state index contributed by atoms with van der Waals surface area (Å²) in [6.45, 7) is 0.268. The maximum absolute atomic E-state index is 12.6. The topological polar surface area (TPSA) is 95.9 Å². The molecular weight excluding hydrogens is 408 g/mol.